The summed E-state index contributed by atoms with van der Waals surface area (Å²) < 4.78 is 0. The van der Waals surface area contributed by atoms with Gasteiger partial charge in [-0.1, -0.05) is 37.0 Å². The van der Waals surface area contributed by atoms with Crippen LogP contribution >= 0.6 is 23.2 Å². The minimum absolute atomic E-state index is 0.136. The van der Waals surface area contributed by atoms with Gasteiger partial charge in [0, 0.05) is 17.4 Å². The van der Waals surface area contributed by atoms with Gasteiger partial charge in [0.1, 0.15) is 5.82 Å². The van der Waals surface area contributed by atoms with Gasteiger partial charge in [0.2, 0.25) is 0 Å². The lowest BCUT2D eigenvalue weighted by molar-refractivity contribution is -0.114. The van der Waals surface area contributed by atoms with E-state index in [4.69, 9.17) is 23.2 Å². The molecule has 1 aromatic carbocycles. The van der Waals surface area contributed by atoms with E-state index in [2.05, 4.69) is 9.97 Å². The number of nitrogens with zero attached hydrogens (tertiary/aromatic N) is 1. The van der Waals surface area contributed by atoms with Gasteiger partial charge in [-0.3, -0.25) is 4.79 Å². The number of halogens is 2. The normalized spacial score (nSPS) is 18.1. The van der Waals surface area contributed by atoms with Crippen molar-refractivity contribution in [2.24, 2.45) is 5.41 Å². The Morgan fingerprint density at radius 3 is 2.58 bits per heavy atom. The molecule has 2 aromatic rings. The van der Waals surface area contributed by atoms with E-state index in [1.54, 1.807) is 18.2 Å². The number of H-pyrrole nitrogens is 1. The third-order valence-corrected chi connectivity index (χ3v) is 4.15. The molecule has 1 aliphatic rings. The zero-order valence-electron chi connectivity index (χ0n) is 10.6. The van der Waals surface area contributed by atoms with Crippen molar-refractivity contribution in [2.45, 2.75) is 20.3 Å². The number of ketones is 1. The number of benzene rings is 1. The molecule has 3 rings (SSSR count). The van der Waals surface area contributed by atoms with Gasteiger partial charge in [-0.25, -0.2) is 4.98 Å². The second-order valence-corrected chi connectivity index (χ2v) is 6.27. The van der Waals surface area contributed by atoms with E-state index in [1.165, 1.54) is 0 Å². The van der Waals surface area contributed by atoms with Crippen LogP contribution in [0.3, 0.4) is 0 Å². The number of carbonyl (C=O) groups is 1. The largest absolute Gasteiger partial charge is 0.338 e. The van der Waals surface area contributed by atoms with Crippen molar-refractivity contribution in [3.8, 4) is 0 Å². The molecule has 0 unspecified atom stereocenters. The molecule has 0 aliphatic heterocycles. The first-order valence-electron chi connectivity index (χ1n) is 5.97. The summed E-state index contributed by atoms with van der Waals surface area (Å²) in [4.78, 5) is 19.3. The van der Waals surface area contributed by atoms with E-state index in [1.807, 2.05) is 13.8 Å². The number of fused-ring (bicyclic) bond motifs is 1. The summed E-state index contributed by atoms with van der Waals surface area (Å²) in [5.41, 5.74) is 2.31. The Balaban J connectivity index is 2.17. The van der Waals surface area contributed by atoms with Crippen LogP contribution in [0.25, 0.3) is 16.6 Å². The maximum absolute atomic E-state index is 11.6. The number of hydrogen-bond acceptors (Lipinski definition) is 2. The highest BCUT2D eigenvalue weighted by molar-refractivity contribution is 6.42. The van der Waals surface area contributed by atoms with Gasteiger partial charge in [0.05, 0.1) is 21.1 Å². The number of carbonyl (C=O) groups excluding carboxylic acids is 1. The Morgan fingerprint density at radius 2 is 1.95 bits per heavy atom. The van der Waals surface area contributed by atoms with Crippen LogP contribution in [0.15, 0.2) is 18.2 Å². The maximum Gasteiger partial charge on any atom is 0.156 e. The summed E-state index contributed by atoms with van der Waals surface area (Å²) in [6, 6.07) is 3.48. The number of nitrogens with one attached hydrogen (secondary N) is 1. The summed E-state index contributed by atoms with van der Waals surface area (Å²) in [7, 11) is 0. The molecule has 0 radical (unpaired) electrons. The second kappa shape index (κ2) is 4.09. The molecule has 0 saturated carbocycles. The van der Waals surface area contributed by atoms with Gasteiger partial charge in [0.15, 0.2) is 5.78 Å². The second-order valence-electron chi connectivity index (χ2n) is 5.45. The molecule has 0 atom stereocenters. The van der Waals surface area contributed by atoms with Gasteiger partial charge in [-0.15, -0.1) is 0 Å². The molecule has 0 amide bonds. The third kappa shape index (κ3) is 2.07. The molecule has 0 fully saturated rings. The molecule has 1 heterocycles. The molecule has 19 heavy (non-hydrogen) atoms. The lowest BCUT2D eigenvalue weighted by Crippen LogP contribution is -2.11. The summed E-state index contributed by atoms with van der Waals surface area (Å²) in [6.07, 6.45) is 2.18. The van der Waals surface area contributed by atoms with Crippen LogP contribution in [-0.2, 0) is 4.79 Å². The predicted octanol–water partition coefficient (Wildman–Crippen LogP) is 4.25. The van der Waals surface area contributed by atoms with Gasteiger partial charge in [-0.2, -0.15) is 0 Å². The van der Waals surface area contributed by atoms with Crippen molar-refractivity contribution in [1.29, 1.82) is 0 Å². The smallest absolute Gasteiger partial charge is 0.156 e. The standard InChI is InChI=1S/C14H12Cl2N2O/c1-14(2)6-7(19)3-8(14)13-17-11-4-9(15)10(16)5-12(11)18-13/h3-5H,6H2,1-2H3,(H,17,18). The monoisotopic (exact) mass is 294 g/mol. The van der Waals surface area contributed by atoms with Crippen LogP contribution < -0.4 is 0 Å². The summed E-state index contributed by atoms with van der Waals surface area (Å²) in [6.45, 7) is 4.08. The van der Waals surface area contributed by atoms with Crippen LogP contribution in [0.1, 0.15) is 26.1 Å². The molecule has 0 spiro atoms. The first-order valence-corrected chi connectivity index (χ1v) is 6.72. The van der Waals surface area contributed by atoms with E-state index >= 15 is 0 Å². The fourth-order valence-electron chi connectivity index (χ4n) is 2.46. The van der Waals surface area contributed by atoms with Crippen LogP contribution in [0.4, 0.5) is 0 Å². The topological polar surface area (TPSA) is 45.8 Å². The van der Waals surface area contributed by atoms with E-state index in [-0.39, 0.29) is 11.2 Å². The van der Waals surface area contributed by atoms with Crippen LogP contribution in [0.2, 0.25) is 10.0 Å². The molecule has 0 bridgehead atoms. The Labute approximate surface area is 120 Å². The first kappa shape index (κ1) is 12.7. The Kier molecular flexibility index (Phi) is 2.73. The van der Waals surface area contributed by atoms with E-state index in [9.17, 15) is 4.79 Å². The number of rotatable bonds is 1. The molecule has 1 N–H and O–H groups in total. The summed E-state index contributed by atoms with van der Waals surface area (Å²) >= 11 is 12.0. The maximum atomic E-state index is 11.6. The summed E-state index contributed by atoms with van der Waals surface area (Å²) in [5.74, 6) is 0.848. The number of hydrogen-bond donors (Lipinski definition) is 1. The molecule has 0 saturated heterocycles. The van der Waals surface area contributed by atoms with Crippen molar-refractivity contribution in [3.05, 3.63) is 34.1 Å². The molecule has 1 aromatic heterocycles. The van der Waals surface area contributed by atoms with E-state index in [0.29, 0.717) is 22.3 Å². The zero-order valence-corrected chi connectivity index (χ0v) is 12.1. The van der Waals surface area contributed by atoms with Crippen molar-refractivity contribution < 1.29 is 4.79 Å². The average Bonchev–Trinajstić information content (AvgIpc) is 2.79. The molecule has 3 nitrogen and oxygen atoms in total. The highest BCUT2D eigenvalue weighted by Crippen LogP contribution is 2.42. The van der Waals surface area contributed by atoms with Crippen molar-refractivity contribution in [1.82, 2.24) is 9.97 Å². The van der Waals surface area contributed by atoms with Gasteiger partial charge >= 0.3 is 0 Å². The highest BCUT2D eigenvalue weighted by atomic mass is 35.5. The number of aromatic nitrogens is 2. The predicted molar refractivity (Wildman–Crippen MR) is 77.5 cm³/mol. The minimum Gasteiger partial charge on any atom is -0.338 e. The third-order valence-electron chi connectivity index (χ3n) is 3.43. The minimum atomic E-state index is -0.196. The SMILES string of the molecule is CC1(C)CC(=O)C=C1c1nc2cc(Cl)c(Cl)cc2[nH]1. The van der Waals surface area contributed by atoms with Gasteiger partial charge in [0.25, 0.3) is 0 Å². The van der Waals surface area contributed by atoms with Gasteiger partial charge < -0.3 is 4.98 Å². The van der Waals surface area contributed by atoms with Crippen molar-refractivity contribution in [2.75, 3.05) is 0 Å². The highest BCUT2D eigenvalue weighted by Gasteiger charge is 2.34. The average molecular weight is 295 g/mol. The van der Waals surface area contributed by atoms with Crippen LogP contribution in [0.5, 0.6) is 0 Å². The van der Waals surface area contributed by atoms with Crippen LogP contribution in [0, 0.1) is 5.41 Å². The van der Waals surface area contributed by atoms with E-state index in [0.717, 1.165) is 16.6 Å². The number of aromatic amines is 1. The lowest BCUT2D eigenvalue weighted by Gasteiger charge is -2.19. The molecular weight excluding hydrogens is 283 g/mol. The first-order chi connectivity index (χ1) is 8.87. The lowest BCUT2D eigenvalue weighted by atomic mass is 9.85. The fraction of sp³-hybridized carbons (Fsp3) is 0.286. The quantitative estimate of drug-likeness (QED) is 0.854. The van der Waals surface area contributed by atoms with Crippen molar-refractivity contribution >= 4 is 45.6 Å². The molecule has 5 heteroatoms. The fourth-order valence-corrected chi connectivity index (χ4v) is 2.78. The Bertz CT molecular complexity index is 689. The molecular formula is C14H12Cl2N2O. The Hall–Kier alpha value is -1.32. The number of allylic oxidation sites excluding steroid dienone is 2. The summed E-state index contributed by atoms with van der Waals surface area (Å²) in [5, 5.41) is 0.961. The Morgan fingerprint density at radius 1 is 1.26 bits per heavy atom. The molecule has 98 valence electrons. The number of imidazole rings is 1. The molecule has 1 aliphatic carbocycles. The van der Waals surface area contributed by atoms with E-state index < -0.39 is 0 Å². The van der Waals surface area contributed by atoms with Gasteiger partial charge in [-0.05, 0) is 18.2 Å². The van der Waals surface area contributed by atoms with Crippen molar-refractivity contribution in [3.63, 3.8) is 0 Å². The van der Waals surface area contributed by atoms with Crippen LogP contribution in [-0.4, -0.2) is 15.8 Å². The zero-order chi connectivity index (χ0) is 13.8.